The lowest BCUT2D eigenvalue weighted by atomic mass is 9.81. The van der Waals surface area contributed by atoms with Gasteiger partial charge in [-0.05, 0) is 24.3 Å². The van der Waals surface area contributed by atoms with Crippen molar-refractivity contribution < 1.29 is 14.7 Å². The number of amides is 1. The molecule has 0 bridgehead atoms. The molecule has 0 fully saturated rings. The lowest BCUT2D eigenvalue weighted by Gasteiger charge is -2.29. The second-order valence-corrected chi connectivity index (χ2v) is 5.97. The topological polar surface area (TPSA) is 66.4 Å². The molecule has 0 aliphatic rings. The van der Waals surface area contributed by atoms with Crippen molar-refractivity contribution in [3.8, 4) is 0 Å². The van der Waals surface area contributed by atoms with E-state index in [0.717, 1.165) is 5.56 Å². The fourth-order valence-corrected chi connectivity index (χ4v) is 2.04. The van der Waals surface area contributed by atoms with Gasteiger partial charge in [-0.1, -0.05) is 51.1 Å². The van der Waals surface area contributed by atoms with Crippen molar-refractivity contribution in [1.29, 1.82) is 0 Å². The van der Waals surface area contributed by atoms with E-state index >= 15 is 0 Å². The van der Waals surface area contributed by atoms with Crippen molar-refractivity contribution in [1.82, 2.24) is 5.32 Å². The first kappa shape index (κ1) is 16.2. The number of carboxylic acid groups (broad SMARTS) is 1. The maximum Gasteiger partial charge on any atom is 0.329 e. The quantitative estimate of drug-likeness (QED) is 0.840. The van der Waals surface area contributed by atoms with Gasteiger partial charge in [-0.25, -0.2) is 4.79 Å². The smallest absolute Gasteiger partial charge is 0.329 e. The van der Waals surface area contributed by atoms with Crippen LogP contribution in [0, 0.1) is 0 Å². The highest BCUT2D eigenvalue weighted by atomic mass is 16.4. The summed E-state index contributed by atoms with van der Waals surface area (Å²) in [5, 5.41) is 11.8. The van der Waals surface area contributed by atoms with E-state index in [2.05, 4.69) is 5.32 Å². The number of carbonyl (C=O) groups is 2. The molecule has 20 heavy (non-hydrogen) atoms. The molecule has 0 radical (unpaired) electrons. The zero-order valence-electron chi connectivity index (χ0n) is 12.6. The van der Waals surface area contributed by atoms with Crippen LogP contribution in [-0.4, -0.2) is 22.5 Å². The molecule has 1 amide bonds. The molecule has 0 aliphatic heterocycles. The van der Waals surface area contributed by atoms with Crippen LogP contribution in [0.2, 0.25) is 0 Å². The van der Waals surface area contributed by atoms with Crippen molar-refractivity contribution in [3.63, 3.8) is 0 Å². The number of nitrogens with one attached hydrogen (secondary N) is 1. The van der Waals surface area contributed by atoms with E-state index < -0.39 is 11.5 Å². The van der Waals surface area contributed by atoms with E-state index in [9.17, 15) is 14.7 Å². The first-order valence-electron chi connectivity index (χ1n) is 6.81. The van der Waals surface area contributed by atoms with Crippen LogP contribution in [-0.2, 0) is 15.0 Å². The lowest BCUT2D eigenvalue weighted by Crippen LogP contribution is -2.52. The molecule has 0 saturated carbocycles. The van der Waals surface area contributed by atoms with Crippen LogP contribution in [0.1, 0.15) is 46.1 Å². The van der Waals surface area contributed by atoms with Crippen molar-refractivity contribution in [2.24, 2.45) is 0 Å². The minimum atomic E-state index is -1.20. The normalized spacial score (nSPS) is 14.4. The molecule has 0 saturated heterocycles. The Morgan fingerprint density at radius 1 is 1.15 bits per heavy atom. The van der Waals surface area contributed by atoms with Crippen LogP contribution in [0.5, 0.6) is 0 Å². The fourth-order valence-electron chi connectivity index (χ4n) is 2.04. The van der Waals surface area contributed by atoms with Crippen molar-refractivity contribution >= 4 is 11.9 Å². The SMILES string of the molecule is CCC(C)(NC(=O)CC(C)(C)c1ccccc1)C(=O)O. The lowest BCUT2D eigenvalue weighted by molar-refractivity contribution is -0.147. The predicted molar refractivity (Wildman–Crippen MR) is 78.6 cm³/mol. The Kier molecular flexibility index (Phi) is 4.93. The molecule has 1 rings (SSSR count). The highest BCUT2D eigenvalue weighted by molar-refractivity contribution is 5.87. The zero-order chi connectivity index (χ0) is 15.4. The monoisotopic (exact) mass is 277 g/mol. The van der Waals surface area contributed by atoms with Gasteiger partial charge in [0, 0.05) is 6.42 Å². The number of benzene rings is 1. The number of rotatable bonds is 6. The largest absolute Gasteiger partial charge is 0.480 e. The zero-order valence-corrected chi connectivity index (χ0v) is 12.6. The summed E-state index contributed by atoms with van der Waals surface area (Å²) in [6.45, 7) is 7.23. The summed E-state index contributed by atoms with van der Waals surface area (Å²) in [5.74, 6) is -1.25. The Bertz CT molecular complexity index is 482. The van der Waals surface area contributed by atoms with Gasteiger partial charge in [-0.15, -0.1) is 0 Å². The number of hydrogen-bond donors (Lipinski definition) is 2. The highest BCUT2D eigenvalue weighted by Gasteiger charge is 2.34. The first-order valence-corrected chi connectivity index (χ1v) is 6.81. The van der Waals surface area contributed by atoms with Crippen molar-refractivity contribution in [2.45, 2.75) is 51.5 Å². The van der Waals surface area contributed by atoms with Gasteiger partial charge in [0.25, 0.3) is 0 Å². The standard InChI is InChI=1S/C16H23NO3/c1-5-16(4,14(19)20)17-13(18)11-15(2,3)12-9-7-6-8-10-12/h6-10H,5,11H2,1-4H3,(H,17,18)(H,19,20). The van der Waals surface area contributed by atoms with Gasteiger partial charge in [-0.3, -0.25) is 4.79 Å². The van der Waals surface area contributed by atoms with Gasteiger partial charge in [0.2, 0.25) is 5.91 Å². The summed E-state index contributed by atoms with van der Waals surface area (Å²) in [6.07, 6.45) is 0.597. The number of hydrogen-bond acceptors (Lipinski definition) is 2. The van der Waals surface area contributed by atoms with E-state index in [0.29, 0.717) is 6.42 Å². The summed E-state index contributed by atoms with van der Waals surface area (Å²) >= 11 is 0. The molecule has 0 aromatic heterocycles. The molecule has 4 heteroatoms. The Morgan fingerprint density at radius 2 is 1.70 bits per heavy atom. The van der Waals surface area contributed by atoms with Crippen molar-refractivity contribution in [2.75, 3.05) is 0 Å². The van der Waals surface area contributed by atoms with Crippen LogP contribution in [0.3, 0.4) is 0 Å². The van der Waals surface area contributed by atoms with Gasteiger partial charge in [0.1, 0.15) is 5.54 Å². The Balaban J connectivity index is 2.78. The van der Waals surface area contributed by atoms with Crippen LogP contribution < -0.4 is 5.32 Å². The summed E-state index contributed by atoms with van der Waals surface area (Å²) < 4.78 is 0. The van der Waals surface area contributed by atoms with E-state index in [1.807, 2.05) is 44.2 Å². The number of carbonyl (C=O) groups excluding carboxylic acids is 1. The Labute approximate surface area is 120 Å². The molecule has 110 valence electrons. The molecule has 0 spiro atoms. The van der Waals surface area contributed by atoms with Gasteiger partial charge in [0.05, 0.1) is 0 Å². The third-order valence-electron chi connectivity index (χ3n) is 3.75. The number of aliphatic carboxylic acids is 1. The average molecular weight is 277 g/mol. The van der Waals surface area contributed by atoms with Gasteiger partial charge < -0.3 is 10.4 Å². The molecular formula is C16H23NO3. The van der Waals surface area contributed by atoms with E-state index in [-0.39, 0.29) is 17.7 Å². The maximum absolute atomic E-state index is 12.1. The Hall–Kier alpha value is -1.84. The molecular weight excluding hydrogens is 254 g/mol. The van der Waals surface area contributed by atoms with Crippen LogP contribution in [0.4, 0.5) is 0 Å². The average Bonchev–Trinajstić information content (AvgIpc) is 2.38. The minimum Gasteiger partial charge on any atom is -0.480 e. The van der Waals surface area contributed by atoms with Crippen LogP contribution in [0.15, 0.2) is 30.3 Å². The highest BCUT2D eigenvalue weighted by Crippen LogP contribution is 2.27. The molecule has 1 unspecified atom stereocenters. The van der Waals surface area contributed by atoms with Crippen LogP contribution >= 0.6 is 0 Å². The third-order valence-corrected chi connectivity index (χ3v) is 3.75. The summed E-state index contributed by atoms with van der Waals surface area (Å²) in [6, 6.07) is 9.75. The third kappa shape index (κ3) is 3.83. The van der Waals surface area contributed by atoms with E-state index in [1.165, 1.54) is 6.92 Å². The van der Waals surface area contributed by atoms with Gasteiger partial charge >= 0.3 is 5.97 Å². The Morgan fingerprint density at radius 3 is 2.15 bits per heavy atom. The molecule has 4 nitrogen and oxygen atoms in total. The molecule has 1 aromatic carbocycles. The molecule has 0 aliphatic carbocycles. The summed E-state index contributed by atoms with van der Waals surface area (Å²) in [4.78, 5) is 23.3. The second-order valence-electron chi connectivity index (χ2n) is 5.97. The van der Waals surface area contributed by atoms with E-state index in [1.54, 1.807) is 6.92 Å². The van der Waals surface area contributed by atoms with Gasteiger partial charge in [-0.2, -0.15) is 0 Å². The molecule has 1 aromatic rings. The maximum atomic E-state index is 12.1. The minimum absolute atomic E-state index is 0.245. The van der Waals surface area contributed by atoms with Crippen LogP contribution in [0.25, 0.3) is 0 Å². The predicted octanol–water partition coefficient (Wildman–Crippen LogP) is 2.72. The van der Waals surface area contributed by atoms with Gasteiger partial charge in [0.15, 0.2) is 0 Å². The molecule has 2 N–H and O–H groups in total. The second kappa shape index (κ2) is 6.07. The molecule has 0 heterocycles. The summed E-state index contributed by atoms with van der Waals surface area (Å²) in [7, 11) is 0. The van der Waals surface area contributed by atoms with E-state index in [4.69, 9.17) is 0 Å². The fraction of sp³-hybridized carbons (Fsp3) is 0.500. The summed E-state index contributed by atoms with van der Waals surface area (Å²) in [5.41, 5.74) is -0.480. The van der Waals surface area contributed by atoms with Crippen molar-refractivity contribution in [3.05, 3.63) is 35.9 Å². The number of carboxylic acids is 1. The first-order chi connectivity index (χ1) is 9.21. The molecule has 1 atom stereocenters.